The summed E-state index contributed by atoms with van der Waals surface area (Å²) >= 11 is 0. The van der Waals surface area contributed by atoms with E-state index in [-0.39, 0.29) is 54.5 Å². The number of likely N-dealkylation sites (tertiary alicyclic amines) is 1. The van der Waals surface area contributed by atoms with Crippen LogP contribution in [0.25, 0.3) is 0 Å². The van der Waals surface area contributed by atoms with Crippen molar-refractivity contribution in [1.29, 1.82) is 0 Å². The molecule has 0 radical (unpaired) electrons. The molecule has 3 rings (SSSR count). The third kappa shape index (κ3) is 6.41. The van der Waals surface area contributed by atoms with E-state index in [1.54, 1.807) is 0 Å². The lowest BCUT2D eigenvalue weighted by Gasteiger charge is -2.32. The summed E-state index contributed by atoms with van der Waals surface area (Å²) in [6, 6.07) is 7.18. The van der Waals surface area contributed by atoms with Crippen LogP contribution in [0, 0.1) is 11.7 Å². The molecule has 0 bridgehead atoms. The molecule has 1 aromatic carbocycles. The van der Waals surface area contributed by atoms with Gasteiger partial charge in [0.05, 0.1) is 0 Å². The average molecular weight is 392 g/mol. The van der Waals surface area contributed by atoms with Gasteiger partial charge in [-0.05, 0) is 49.8 Å². The molecule has 1 amide bonds. The normalized spacial score (nSPS) is 24.2. The van der Waals surface area contributed by atoms with Crippen molar-refractivity contribution in [2.45, 2.75) is 50.7 Å². The van der Waals surface area contributed by atoms with Crippen molar-refractivity contribution in [3.05, 3.63) is 35.6 Å². The maximum Gasteiger partial charge on any atom is 0.223 e. The molecule has 2 unspecified atom stereocenters. The number of amides is 1. The maximum atomic E-state index is 12.9. The highest BCUT2D eigenvalue weighted by atomic mass is 35.5. The molecular formula is C18H28Cl2FN3O. The SMILES string of the molecule is Cl.Cl.NC1CCC(C(=O)NC2CCN(Cc3ccc(F)cc3)CC2)C1. The minimum Gasteiger partial charge on any atom is -0.353 e. The van der Waals surface area contributed by atoms with Gasteiger partial charge in [0.25, 0.3) is 0 Å². The second-order valence-electron chi connectivity index (χ2n) is 6.96. The Bertz CT molecular complexity index is 536. The molecule has 3 N–H and O–H groups in total. The van der Waals surface area contributed by atoms with Crippen LogP contribution in [0.5, 0.6) is 0 Å². The first-order chi connectivity index (χ1) is 11.1. The predicted octanol–water partition coefficient (Wildman–Crippen LogP) is 2.88. The van der Waals surface area contributed by atoms with E-state index in [9.17, 15) is 9.18 Å². The Morgan fingerprint density at radius 3 is 2.32 bits per heavy atom. The molecule has 1 aliphatic carbocycles. The third-order valence-corrected chi connectivity index (χ3v) is 5.10. The monoisotopic (exact) mass is 391 g/mol. The van der Waals surface area contributed by atoms with Gasteiger partial charge < -0.3 is 11.1 Å². The Kier molecular flexibility index (Phi) is 9.14. The van der Waals surface area contributed by atoms with Crippen molar-refractivity contribution in [3.63, 3.8) is 0 Å². The van der Waals surface area contributed by atoms with Crippen LogP contribution in [-0.4, -0.2) is 36.0 Å². The van der Waals surface area contributed by atoms with Gasteiger partial charge in [-0.25, -0.2) is 4.39 Å². The number of nitrogens with one attached hydrogen (secondary N) is 1. The van der Waals surface area contributed by atoms with Crippen LogP contribution in [0.3, 0.4) is 0 Å². The van der Waals surface area contributed by atoms with Gasteiger partial charge in [-0.1, -0.05) is 12.1 Å². The highest BCUT2D eigenvalue weighted by molar-refractivity contribution is 5.85. The van der Waals surface area contributed by atoms with E-state index in [0.717, 1.165) is 57.3 Å². The molecule has 7 heteroatoms. The Morgan fingerprint density at radius 2 is 1.76 bits per heavy atom. The number of rotatable bonds is 4. The highest BCUT2D eigenvalue weighted by Crippen LogP contribution is 2.25. The third-order valence-electron chi connectivity index (χ3n) is 5.10. The van der Waals surface area contributed by atoms with Crippen LogP contribution in [0.15, 0.2) is 24.3 Å². The zero-order valence-electron chi connectivity index (χ0n) is 14.3. The molecule has 4 nitrogen and oxygen atoms in total. The zero-order valence-corrected chi connectivity index (χ0v) is 16.0. The van der Waals surface area contributed by atoms with Crippen molar-refractivity contribution >= 4 is 30.7 Å². The number of carbonyl (C=O) groups is 1. The first-order valence-electron chi connectivity index (χ1n) is 8.63. The van der Waals surface area contributed by atoms with Crippen LogP contribution in [0.2, 0.25) is 0 Å². The topological polar surface area (TPSA) is 58.4 Å². The average Bonchev–Trinajstić information content (AvgIpc) is 2.98. The van der Waals surface area contributed by atoms with Gasteiger partial charge in [-0.15, -0.1) is 24.8 Å². The molecule has 2 atom stereocenters. The minimum atomic E-state index is -0.193. The van der Waals surface area contributed by atoms with Crippen LogP contribution < -0.4 is 11.1 Å². The fourth-order valence-electron chi connectivity index (χ4n) is 3.66. The van der Waals surface area contributed by atoms with Crippen molar-refractivity contribution < 1.29 is 9.18 Å². The van der Waals surface area contributed by atoms with Crippen LogP contribution >= 0.6 is 24.8 Å². The quantitative estimate of drug-likeness (QED) is 0.829. The summed E-state index contributed by atoms with van der Waals surface area (Å²) in [6.07, 6.45) is 4.68. The van der Waals surface area contributed by atoms with Gasteiger partial charge in [0.15, 0.2) is 0 Å². The summed E-state index contributed by atoms with van der Waals surface area (Å²) in [5.74, 6) is 0.110. The molecule has 1 saturated heterocycles. The number of nitrogens with zero attached hydrogens (tertiary/aromatic N) is 1. The lowest BCUT2D eigenvalue weighted by Crippen LogP contribution is -2.46. The first-order valence-corrected chi connectivity index (χ1v) is 8.63. The van der Waals surface area contributed by atoms with E-state index in [2.05, 4.69) is 10.2 Å². The number of hydrogen-bond donors (Lipinski definition) is 2. The minimum absolute atomic E-state index is 0. The van der Waals surface area contributed by atoms with Gasteiger partial charge in [-0.3, -0.25) is 9.69 Å². The zero-order chi connectivity index (χ0) is 16.2. The standard InChI is InChI=1S/C18H26FN3O.2ClH/c19-15-4-1-13(2-5-15)12-22-9-7-17(8-10-22)21-18(23)14-3-6-16(20)11-14;;/h1-2,4-5,14,16-17H,3,6-12,20H2,(H,21,23);2*1H. The smallest absolute Gasteiger partial charge is 0.223 e. The van der Waals surface area contributed by atoms with Crippen molar-refractivity contribution in [2.24, 2.45) is 11.7 Å². The second kappa shape index (κ2) is 10.3. The Labute approximate surface area is 161 Å². The molecule has 2 fully saturated rings. The summed E-state index contributed by atoms with van der Waals surface area (Å²) in [5.41, 5.74) is 7.02. The number of benzene rings is 1. The Balaban J connectivity index is 0.00000156. The van der Waals surface area contributed by atoms with Crippen LogP contribution in [-0.2, 0) is 11.3 Å². The first kappa shape index (κ1) is 22.2. The predicted molar refractivity (Wildman–Crippen MR) is 103 cm³/mol. The fourth-order valence-corrected chi connectivity index (χ4v) is 3.66. The number of halogens is 3. The molecule has 1 heterocycles. The highest BCUT2D eigenvalue weighted by Gasteiger charge is 2.29. The van der Waals surface area contributed by atoms with Crippen LogP contribution in [0.1, 0.15) is 37.7 Å². The van der Waals surface area contributed by atoms with Crippen molar-refractivity contribution in [3.8, 4) is 0 Å². The molecule has 0 spiro atoms. The van der Waals surface area contributed by atoms with E-state index in [0.29, 0.717) is 0 Å². The molecule has 2 aliphatic rings. The number of carbonyl (C=O) groups excluding carboxylic acids is 1. The summed E-state index contributed by atoms with van der Waals surface area (Å²) in [7, 11) is 0. The number of hydrogen-bond acceptors (Lipinski definition) is 3. The van der Waals surface area contributed by atoms with E-state index in [1.165, 1.54) is 12.1 Å². The summed E-state index contributed by atoms with van der Waals surface area (Å²) < 4.78 is 12.9. The van der Waals surface area contributed by atoms with Crippen molar-refractivity contribution in [2.75, 3.05) is 13.1 Å². The van der Waals surface area contributed by atoms with Gasteiger partial charge in [-0.2, -0.15) is 0 Å². The second-order valence-corrected chi connectivity index (χ2v) is 6.96. The fraction of sp³-hybridized carbons (Fsp3) is 0.611. The summed E-state index contributed by atoms with van der Waals surface area (Å²) in [4.78, 5) is 14.6. The molecule has 1 aliphatic heterocycles. The van der Waals surface area contributed by atoms with Gasteiger partial charge in [0, 0.05) is 37.6 Å². The largest absolute Gasteiger partial charge is 0.353 e. The number of piperidine rings is 1. The van der Waals surface area contributed by atoms with E-state index < -0.39 is 0 Å². The van der Waals surface area contributed by atoms with Gasteiger partial charge in [0.1, 0.15) is 5.82 Å². The molecular weight excluding hydrogens is 364 g/mol. The van der Waals surface area contributed by atoms with E-state index in [4.69, 9.17) is 5.73 Å². The molecule has 142 valence electrons. The number of nitrogens with two attached hydrogens (primary N) is 1. The molecule has 25 heavy (non-hydrogen) atoms. The summed E-state index contributed by atoms with van der Waals surface area (Å²) in [6.45, 7) is 2.78. The molecule has 0 aromatic heterocycles. The van der Waals surface area contributed by atoms with E-state index >= 15 is 0 Å². The summed E-state index contributed by atoms with van der Waals surface area (Å²) in [5, 5.41) is 3.20. The lowest BCUT2D eigenvalue weighted by atomic mass is 10.0. The lowest BCUT2D eigenvalue weighted by molar-refractivity contribution is -0.125. The van der Waals surface area contributed by atoms with Gasteiger partial charge in [0.2, 0.25) is 5.91 Å². The van der Waals surface area contributed by atoms with E-state index in [1.807, 2.05) is 12.1 Å². The van der Waals surface area contributed by atoms with Crippen molar-refractivity contribution in [1.82, 2.24) is 10.2 Å². The van der Waals surface area contributed by atoms with Crippen LogP contribution in [0.4, 0.5) is 4.39 Å². The molecule has 1 aromatic rings. The maximum absolute atomic E-state index is 12.9. The van der Waals surface area contributed by atoms with Gasteiger partial charge >= 0.3 is 0 Å². The Hall–Kier alpha value is -0.880. The molecule has 1 saturated carbocycles. The Morgan fingerprint density at radius 1 is 1.12 bits per heavy atom.